The lowest BCUT2D eigenvalue weighted by atomic mass is 9.51. The highest BCUT2D eigenvalue weighted by molar-refractivity contribution is 5.72. The van der Waals surface area contributed by atoms with Crippen molar-refractivity contribution in [3.05, 3.63) is 161 Å². The van der Waals surface area contributed by atoms with Crippen LogP contribution in [0.2, 0.25) is 0 Å². The third-order valence-corrected chi connectivity index (χ3v) is 23.1. The predicted octanol–water partition coefficient (Wildman–Crippen LogP) is 22.1. The Balaban J connectivity index is 0.000000183. The number of hydrogen-bond acceptors (Lipinski definition) is 9. The van der Waals surface area contributed by atoms with E-state index < -0.39 is 0 Å². The summed E-state index contributed by atoms with van der Waals surface area (Å²) < 4.78 is 0. The van der Waals surface area contributed by atoms with Crippen molar-refractivity contribution in [1.29, 1.82) is 0 Å². The molecule has 0 radical (unpaired) electrons. The van der Waals surface area contributed by atoms with Gasteiger partial charge in [-0.1, -0.05) is 193 Å². The van der Waals surface area contributed by atoms with Crippen LogP contribution in [-0.4, -0.2) is 57.2 Å². The number of hydrogen-bond donors (Lipinski definition) is 2. The summed E-state index contributed by atoms with van der Waals surface area (Å²) in [6, 6.07) is 39.6. The first kappa shape index (κ1) is 74.9. The molecule has 6 aromatic rings. The molecule has 0 amide bonds. The van der Waals surface area contributed by atoms with Gasteiger partial charge in [-0.25, -0.2) is 15.0 Å². The van der Waals surface area contributed by atoms with Gasteiger partial charge in [0, 0.05) is 107 Å². The van der Waals surface area contributed by atoms with E-state index in [0.717, 1.165) is 50.2 Å². The van der Waals surface area contributed by atoms with Crippen LogP contribution in [0.25, 0.3) is 0 Å². The van der Waals surface area contributed by atoms with Gasteiger partial charge in [0.15, 0.2) is 0 Å². The molecule has 0 saturated heterocycles. The molecule has 10 rings (SSSR count). The Morgan fingerprint density at radius 1 is 0.389 bits per heavy atom. The fourth-order valence-corrected chi connectivity index (χ4v) is 18.4. The number of aromatic nitrogens is 3. The number of pyridine rings is 3. The SMILES string of the molecule is CC(C)(C)N1CC(C(C)(C)C)(C(C)(C)C)c2c(CN(c3ccccn3)c3ccccn3)cccc21.CC(C)(C)N1CC(C(C)(C)C)(C(C)(C)C)c2c(CNc3ccccn3)cccc21.CC1(C)CCC(NCc2cccc3c2C(C(C)(C)C)(C(C)(C)C)CN3C(C)(C)C)CC1. The van der Waals surface area contributed by atoms with Crippen molar-refractivity contribution < 1.29 is 0 Å². The molecule has 1 aliphatic carbocycles. The maximum atomic E-state index is 4.71. The summed E-state index contributed by atoms with van der Waals surface area (Å²) in [5.74, 6) is 2.74. The number of rotatable bonds is 10. The average Bonchev–Trinajstić information content (AvgIpc) is 1.57. The van der Waals surface area contributed by atoms with Crippen molar-refractivity contribution in [2.45, 2.75) is 285 Å². The predicted molar refractivity (Wildman–Crippen MR) is 411 cm³/mol. The Labute approximate surface area is 580 Å². The number of fused-ring (bicyclic) bond motifs is 3. The molecule has 3 aromatic heterocycles. The van der Waals surface area contributed by atoms with Crippen molar-refractivity contribution in [2.24, 2.45) is 37.9 Å². The van der Waals surface area contributed by atoms with Gasteiger partial charge in [0.25, 0.3) is 0 Å². The third kappa shape index (κ3) is 14.6. The first-order valence-corrected chi connectivity index (χ1v) is 36.2. The van der Waals surface area contributed by atoms with Gasteiger partial charge < -0.3 is 30.2 Å². The highest BCUT2D eigenvalue weighted by Crippen LogP contribution is 2.65. The second-order valence-electron chi connectivity index (χ2n) is 38.8. The van der Waals surface area contributed by atoms with E-state index in [1.54, 1.807) is 5.56 Å². The Kier molecular flexibility index (Phi) is 20.8. The molecule has 95 heavy (non-hydrogen) atoms. The normalized spacial score (nSPS) is 18.1. The average molecular weight is 1290 g/mol. The van der Waals surface area contributed by atoms with Crippen LogP contribution in [0.4, 0.5) is 34.5 Å². The summed E-state index contributed by atoms with van der Waals surface area (Å²) >= 11 is 0. The third-order valence-electron chi connectivity index (χ3n) is 23.1. The molecule has 2 N–H and O–H groups in total. The summed E-state index contributed by atoms with van der Waals surface area (Å²) in [4.78, 5) is 24.1. The van der Waals surface area contributed by atoms with Crippen molar-refractivity contribution in [1.82, 2.24) is 20.3 Å². The van der Waals surface area contributed by atoms with E-state index in [9.17, 15) is 0 Å². The van der Waals surface area contributed by atoms with Gasteiger partial charge in [0.05, 0.1) is 6.54 Å². The monoisotopic (exact) mass is 1290 g/mol. The Morgan fingerprint density at radius 2 is 0.716 bits per heavy atom. The van der Waals surface area contributed by atoms with Crippen LogP contribution in [0.15, 0.2) is 128 Å². The second kappa shape index (κ2) is 26.4. The Hall–Kier alpha value is -5.93. The highest BCUT2D eigenvalue weighted by Gasteiger charge is 2.62. The quantitative estimate of drug-likeness (QED) is 0.139. The first-order valence-electron chi connectivity index (χ1n) is 36.2. The van der Waals surface area contributed by atoms with E-state index in [1.807, 2.05) is 61.1 Å². The fourth-order valence-electron chi connectivity index (χ4n) is 18.4. The molecule has 1 saturated carbocycles. The van der Waals surface area contributed by atoms with Gasteiger partial charge in [0.2, 0.25) is 0 Å². The van der Waals surface area contributed by atoms with Crippen molar-refractivity contribution in [2.75, 3.05) is 44.6 Å². The highest BCUT2D eigenvalue weighted by atomic mass is 15.3. The van der Waals surface area contributed by atoms with Gasteiger partial charge in [-0.05, 0) is 214 Å². The van der Waals surface area contributed by atoms with Gasteiger partial charge in [-0.3, -0.25) is 0 Å². The van der Waals surface area contributed by atoms with E-state index >= 15 is 0 Å². The number of nitrogens with one attached hydrogen (secondary N) is 2. The summed E-state index contributed by atoms with van der Waals surface area (Å²) in [6.07, 6.45) is 10.8. The van der Waals surface area contributed by atoms with Crippen LogP contribution in [-0.2, 0) is 35.9 Å². The van der Waals surface area contributed by atoms with Gasteiger partial charge in [-0.2, -0.15) is 0 Å². The smallest absolute Gasteiger partial charge is 0.134 e. The van der Waals surface area contributed by atoms with Crippen molar-refractivity contribution >= 4 is 34.5 Å². The molecule has 9 nitrogen and oxygen atoms in total. The molecule has 4 aliphatic rings. The van der Waals surface area contributed by atoms with Crippen LogP contribution < -0.4 is 30.2 Å². The van der Waals surface area contributed by atoms with Gasteiger partial charge in [-0.15, -0.1) is 0 Å². The van der Waals surface area contributed by atoms with Gasteiger partial charge in [0.1, 0.15) is 17.5 Å². The number of anilines is 6. The molecule has 0 atom stereocenters. The zero-order chi connectivity index (χ0) is 70.8. The van der Waals surface area contributed by atoms with Crippen LogP contribution in [0.5, 0.6) is 0 Å². The molecule has 1 fully saturated rings. The molecule has 0 unspecified atom stereocenters. The van der Waals surface area contributed by atoms with Crippen molar-refractivity contribution in [3.63, 3.8) is 0 Å². The second-order valence-corrected chi connectivity index (χ2v) is 38.8. The molecule has 3 aromatic carbocycles. The summed E-state index contributed by atoms with van der Waals surface area (Å²) in [7, 11) is 0. The molecule has 3 aliphatic heterocycles. The van der Waals surface area contributed by atoms with Crippen LogP contribution in [0.1, 0.15) is 260 Å². The maximum Gasteiger partial charge on any atom is 0.134 e. The van der Waals surface area contributed by atoms with Crippen LogP contribution in [0, 0.1) is 37.9 Å². The minimum atomic E-state index is -0.0426. The molecule has 0 spiro atoms. The zero-order valence-electron chi connectivity index (χ0n) is 65.4. The summed E-state index contributed by atoms with van der Waals surface area (Å²) in [5.41, 5.74) is 14.5. The molecular formula is C86H131N9. The lowest BCUT2D eigenvalue weighted by Gasteiger charge is -2.53. The van der Waals surface area contributed by atoms with Crippen LogP contribution >= 0.6 is 0 Å². The molecular weight excluding hydrogens is 1160 g/mol. The number of benzene rings is 3. The van der Waals surface area contributed by atoms with Crippen molar-refractivity contribution in [3.8, 4) is 0 Å². The zero-order valence-corrected chi connectivity index (χ0v) is 65.4. The minimum absolute atomic E-state index is 0.0211. The molecule has 6 heterocycles. The Morgan fingerprint density at radius 3 is 1.03 bits per heavy atom. The lowest BCUT2D eigenvalue weighted by Crippen LogP contribution is -2.55. The van der Waals surface area contributed by atoms with E-state index in [0.29, 0.717) is 18.0 Å². The maximum absolute atomic E-state index is 4.71. The summed E-state index contributed by atoms with van der Waals surface area (Å²) in [6.45, 7) is 75.3. The molecule has 9 heteroatoms. The largest absolute Gasteiger partial charge is 0.366 e. The Bertz CT molecular complexity index is 3430. The van der Waals surface area contributed by atoms with Crippen LogP contribution in [0.3, 0.4) is 0 Å². The lowest BCUT2D eigenvalue weighted by molar-refractivity contribution is 0.0624. The topological polar surface area (TPSA) is 75.7 Å². The fraction of sp³-hybridized carbons (Fsp3) is 0.616. The standard InChI is InChI=1S/C31H42N4.C29H50N2.C26H39N3/c1-28(2,3)31(29(4,5)6)22-35(30(7,8)9)24-16-14-15-23(27(24)31)21-34(25-17-10-12-19-32-25)26-18-11-13-20-33-26;1-25(2,3)29(26(4,5)6)20-31(27(7,8)9)23-14-12-13-21(24(23)29)19-30-22-15-17-28(10,11)18-16-22;1-23(2,3)26(24(4,5)6)18-29(25(7,8)9)20-14-12-13-19(22(20)26)17-28-21-15-10-11-16-27-21/h10-20H,21-22H2,1-9H3;12-14,22,30H,15-20H2,1-11H3;10-16H,17-18H2,1-9H3,(H,27,28). The summed E-state index contributed by atoms with van der Waals surface area (Å²) in [5, 5.41) is 7.54. The molecule has 0 bridgehead atoms. The molecule has 520 valence electrons. The van der Waals surface area contributed by atoms with E-state index in [-0.39, 0.29) is 65.4 Å². The van der Waals surface area contributed by atoms with E-state index in [2.05, 4.69) is 303 Å². The van der Waals surface area contributed by atoms with E-state index in [4.69, 9.17) is 9.97 Å². The number of nitrogens with zero attached hydrogens (tertiary/aromatic N) is 7. The minimum Gasteiger partial charge on any atom is -0.366 e. The van der Waals surface area contributed by atoms with Gasteiger partial charge >= 0.3 is 0 Å². The first-order chi connectivity index (χ1) is 43.6. The van der Waals surface area contributed by atoms with E-state index in [1.165, 1.54) is 70.6 Å².